The van der Waals surface area contributed by atoms with Crippen molar-refractivity contribution in [3.63, 3.8) is 0 Å². The molecular weight excluding hydrogens is 370 g/mol. The van der Waals surface area contributed by atoms with Crippen LogP contribution >= 0.6 is 24.8 Å². The minimum absolute atomic E-state index is 0. The largest absolute Gasteiger partial charge is 0.147 e. The average Bonchev–Trinajstić information content (AvgIpc) is 2.35. The molecule has 1 aliphatic rings. The van der Waals surface area contributed by atoms with E-state index >= 15 is 0 Å². The minimum atomic E-state index is 0. The summed E-state index contributed by atoms with van der Waals surface area (Å²) in [5, 5.41) is 0. The first-order valence-corrected chi connectivity index (χ1v) is 5.85. The van der Waals surface area contributed by atoms with Gasteiger partial charge in [-0.3, -0.25) is 0 Å². The van der Waals surface area contributed by atoms with Crippen LogP contribution in [0.15, 0.2) is 24.3 Å². The van der Waals surface area contributed by atoms with Crippen molar-refractivity contribution < 1.29 is 24.4 Å². The van der Waals surface area contributed by atoms with Gasteiger partial charge >= 0.3 is 82.0 Å². The van der Waals surface area contributed by atoms with E-state index in [2.05, 4.69) is 37.3 Å². The predicted molar refractivity (Wildman–Crippen MR) is 57.5 cm³/mol. The Morgan fingerprint density at radius 2 is 1.92 bits per heavy atom. The van der Waals surface area contributed by atoms with E-state index in [0.29, 0.717) is 0 Å². The molecule has 1 aromatic carbocycles. The molecule has 0 amide bonds. The third-order valence-corrected chi connectivity index (χ3v) is 3.96. The van der Waals surface area contributed by atoms with Gasteiger partial charge in [0.1, 0.15) is 0 Å². The summed E-state index contributed by atoms with van der Waals surface area (Å²) in [6.45, 7) is 2.18. The molecule has 3 heteroatoms. The predicted octanol–water partition coefficient (Wildman–Crippen LogP) is 3.45. The Morgan fingerprint density at radius 1 is 1.23 bits per heavy atom. The Morgan fingerprint density at radius 3 is 2.54 bits per heavy atom. The molecule has 0 aliphatic heterocycles. The van der Waals surface area contributed by atoms with E-state index in [9.17, 15) is 0 Å². The zero-order valence-corrected chi connectivity index (χ0v) is 12.5. The van der Waals surface area contributed by atoms with Gasteiger partial charge in [0.15, 0.2) is 0 Å². The summed E-state index contributed by atoms with van der Waals surface area (Å²) in [6.07, 6.45) is 4.59. The molecule has 0 N–H and O–H groups in total. The van der Waals surface area contributed by atoms with Crippen LogP contribution in [0.3, 0.4) is 0 Å². The number of rotatable bonds is 0. The van der Waals surface area contributed by atoms with E-state index in [0.717, 1.165) is 3.67 Å². The summed E-state index contributed by atoms with van der Waals surface area (Å²) >= 11 is 1.24. The molecule has 0 spiro atoms. The summed E-state index contributed by atoms with van der Waals surface area (Å²) in [6, 6.07) is 6.59. The monoisotopic (exact) mass is 381 g/mol. The van der Waals surface area contributed by atoms with Gasteiger partial charge in [-0.05, 0) is 0 Å². The van der Waals surface area contributed by atoms with E-state index in [1.807, 2.05) is 0 Å². The second kappa shape index (κ2) is 5.33. The molecule has 1 unspecified atom stereocenters. The van der Waals surface area contributed by atoms with Gasteiger partial charge in [-0.15, -0.1) is 24.8 Å². The Kier molecular flexibility index (Phi) is 5.50. The number of allylic oxidation sites excluding steroid dienone is 1. The van der Waals surface area contributed by atoms with E-state index in [-0.39, 0.29) is 24.8 Å². The molecule has 0 saturated heterocycles. The van der Waals surface area contributed by atoms with Crippen LogP contribution in [0.2, 0.25) is 0 Å². The molecule has 1 aromatic rings. The van der Waals surface area contributed by atoms with Crippen LogP contribution < -0.4 is 0 Å². The van der Waals surface area contributed by atoms with E-state index < -0.39 is 0 Å². The van der Waals surface area contributed by atoms with Crippen molar-refractivity contribution in [3.05, 3.63) is 41.0 Å². The Hall–Kier alpha value is 0.410. The van der Waals surface area contributed by atoms with Gasteiger partial charge in [-0.1, -0.05) is 0 Å². The molecule has 0 bridgehead atoms. The first-order valence-electron chi connectivity index (χ1n) is 3.78. The zero-order valence-electron chi connectivity index (χ0n) is 7.28. The first-order chi connectivity index (χ1) is 5.29. The summed E-state index contributed by atoms with van der Waals surface area (Å²) < 4.78 is 0.755. The van der Waals surface area contributed by atoms with Gasteiger partial charge in [0.2, 0.25) is 0 Å². The molecule has 0 nitrogen and oxygen atoms in total. The summed E-state index contributed by atoms with van der Waals surface area (Å²) in [5.41, 5.74) is 4.42. The smallest absolute Gasteiger partial charge is 0.147 e. The normalized spacial score (nSPS) is 17.1. The van der Waals surface area contributed by atoms with Gasteiger partial charge in [0, 0.05) is 0 Å². The second-order valence-corrected chi connectivity index (χ2v) is 5.15. The van der Waals surface area contributed by atoms with Gasteiger partial charge in [-0.2, -0.15) is 0 Å². The fourth-order valence-corrected chi connectivity index (χ4v) is 2.75. The standard InChI is InChI=1S/C10H9.2ClH.Hf/c1-8-4-2-5-9-6-3-7-10(8)9;;;/h2-7H,1H3;2*1H;. The molecule has 0 fully saturated rings. The van der Waals surface area contributed by atoms with E-state index in [4.69, 9.17) is 0 Å². The van der Waals surface area contributed by atoms with Crippen LogP contribution in [0.4, 0.5) is 0 Å². The van der Waals surface area contributed by atoms with Crippen molar-refractivity contribution in [3.8, 4) is 0 Å². The van der Waals surface area contributed by atoms with Crippen molar-refractivity contribution in [2.75, 3.05) is 0 Å². The molecule has 1 atom stereocenters. The fourth-order valence-electron chi connectivity index (χ4n) is 1.50. The van der Waals surface area contributed by atoms with Crippen LogP contribution in [-0.2, 0) is 24.4 Å². The van der Waals surface area contributed by atoms with E-state index in [1.165, 1.54) is 41.1 Å². The zero-order chi connectivity index (χ0) is 7.84. The SMILES string of the molecule is Cc1cccc2c1C=C[CH]2[Hf].Cl.Cl. The molecule has 0 radical (unpaired) electrons. The maximum absolute atomic E-state index is 2.32. The Balaban J connectivity index is 0.000000720. The van der Waals surface area contributed by atoms with Crippen LogP contribution in [0.25, 0.3) is 6.08 Å². The number of fused-ring (bicyclic) bond motifs is 1. The van der Waals surface area contributed by atoms with Crippen molar-refractivity contribution in [2.45, 2.75) is 10.6 Å². The van der Waals surface area contributed by atoms with Crippen molar-refractivity contribution >= 4 is 30.9 Å². The van der Waals surface area contributed by atoms with Gasteiger partial charge < -0.3 is 0 Å². The quantitative estimate of drug-likeness (QED) is 0.605. The number of hydrogen-bond donors (Lipinski definition) is 0. The number of halogens is 2. The van der Waals surface area contributed by atoms with Crippen molar-refractivity contribution in [2.24, 2.45) is 0 Å². The molecule has 0 heterocycles. The van der Waals surface area contributed by atoms with Crippen LogP contribution in [0, 0.1) is 6.92 Å². The second-order valence-electron chi connectivity index (χ2n) is 2.91. The molecular formula is C10H11Cl2Hf. The average molecular weight is 381 g/mol. The summed E-state index contributed by atoms with van der Waals surface area (Å²) in [7, 11) is 0. The number of aryl methyl sites for hydroxylation is 1. The van der Waals surface area contributed by atoms with E-state index in [1.54, 1.807) is 0 Å². The Labute approximate surface area is 106 Å². The Bertz CT molecular complexity index is 321. The first kappa shape index (κ1) is 13.4. The minimum Gasteiger partial charge on any atom is -0.147 e. The summed E-state index contributed by atoms with van der Waals surface area (Å²) in [5.74, 6) is 0. The maximum atomic E-state index is 2.32. The van der Waals surface area contributed by atoms with Gasteiger partial charge in [0.05, 0.1) is 0 Å². The van der Waals surface area contributed by atoms with Crippen LogP contribution in [0.1, 0.15) is 20.4 Å². The molecule has 0 saturated carbocycles. The third kappa shape index (κ3) is 2.45. The number of benzene rings is 1. The van der Waals surface area contributed by atoms with Crippen LogP contribution in [-0.4, -0.2) is 0 Å². The number of hydrogen-bond acceptors (Lipinski definition) is 0. The topological polar surface area (TPSA) is 0 Å². The molecule has 0 aromatic heterocycles. The molecule has 69 valence electrons. The fraction of sp³-hybridized carbons (Fsp3) is 0.200. The third-order valence-electron chi connectivity index (χ3n) is 2.15. The van der Waals surface area contributed by atoms with Crippen molar-refractivity contribution in [1.82, 2.24) is 0 Å². The van der Waals surface area contributed by atoms with Gasteiger partial charge in [0.25, 0.3) is 0 Å². The molecule has 2 rings (SSSR count). The summed E-state index contributed by atoms with van der Waals surface area (Å²) in [4.78, 5) is 0. The van der Waals surface area contributed by atoms with Crippen molar-refractivity contribution in [1.29, 1.82) is 0 Å². The molecule has 1 aliphatic carbocycles. The molecule has 13 heavy (non-hydrogen) atoms. The van der Waals surface area contributed by atoms with Crippen LogP contribution in [0.5, 0.6) is 0 Å². The maximum Gasteiger partial charge on any atom is -0.147 e. The van der Waals surface area contributed by atoms with Gasteiger partial charge in [-0.25, -0.2) is 0 Å².